The topological polar surface area (TPSA) is 101 Å². The van der Waals surface area contributed by atoms with Gasteiger partial charge in [-0.05, 0) is 73.7 Å². The van der Waals surface area contributed by atoms with Gasteiger partial charge in [0.2, 0.25) is 0 Å². The number of allylic oxidation sites excluding steroid dienone is 1. The first-order valence-electron chi connectivity index (χ1n) is 9.24. The van der Waals surface area contributed by atoms with Crippen molar-refractivity contribution in [3.63, 3.8) is 0 Å². The number of benzene rings is 2. The Kier molecular flexibility index (Phi) is 7.56. The van der Waals surface area contributed by atoms with Crippen molar-refractivity contribution in [2.45, 2.75) is 34.1 Å². The van der Waals surface area contributed by atoms with E-state index in [0.29, 0.717) is 17.9 Å². The predicted octanol–water partition coefficient (Wildman–Crippen LogP) is 4.83. The van der Waals surface area contributed by atoms with Crippen molar-refractivity contribution in [2.24, 2.45) is 0 Å². The molecule has 0 fully saturated rings. The van der Waals surface area contributed by atoms with Crippen LogP contribution in [0.1, 0.15) is 48.5 Å². The second-order valence-electron chi connectivity index (χ2n) is 7.02. The van der Waals surface area contributed by atoms with Gasteiger partial charge in [0.05, 0.1) is 6.61 Å². The van der Waals surface area contributed by atoms with Crippen LogP contribution in [0.25, 0.3) is 0 Å². The van der Waals surface area contributed by atoms with Crippen LogP contribution in [0, 0.1) is 27.7 Å². The highest BCUT2D eigenvalue weighted by Crippen LogP contribution is 2.32. The number of carbonyl (C=O) groups is 3. The number of hydrogen-bond acceptors (Lipinski definition) is 4. The lowest BCUT2D eigenvalue weighted by Crippen LogP contribution is -2.06. The summed E-state index contributed by atoms with van der Waals surface area (Å²) >= 11 is 3.27. The molecule has 0 amide bonds. The average Bonchev–Trinajstić information content (AvgIpc) is 3.13. The van der Waals surface area contributed by atoms with Gasteiger partial charge in [0, 0.05) is 22.5 Å². The third kappa shape index (κ3) is 5.36. The predicted molar refractivity (Wildman–Crippen MR) is 117 cm³/mol. The summed E-state index contributed by atoms with van der Waals surface area (Å²) < 4.78 is 6.03. The first-order chi connectivity index (χ1) is 14.0. The molecule has 2 aromatic carbocycles. The minimum absolute atomic E-state index is 0.238. The molecule has 3 rings (SSSR count). The van der Waals surface area contributed by atoms with E-state index in [1.165, 1.54) is 0 Å². The maximum absolute atomic E-state index is 11.9. The Morgan fingerprint density at radius 2 is 1.57 bits per heavy atom. The molecule has 1 aliphatic heterocycles. The van der Waals surface area contributed by atoms with E-state index in [1.807, 2.05) is 39.8 Å². The summed E-state index contributed by atoms with van der Waals surface area (Å²) in [5.41, 5.74) is 5.72. The summed E-state index contributed by atoms with van der Waals surface area (Å²) in [6.45, 7) is 8.22. The van der Waals surface area contributed by atoms with E-state index < -0.39 is 11.9 Å². The highest BCUT2D eigenvalue weighted by molar-refractivity contribution is 9.10. The van der Waals surface area contributed by atoms with Gasteiger partial charge in [-0.2, -0.15) is 0 Å². The zero-order valence-electron chi connectivity index (χ0n) is 17.2. The van der Waals surface area contributed by atoms with E-state index >= 15 is 0 Å². The second kappa shape index (κ2) is 9.71. The SMILES string of the molecule is Cc1cc(C)c(C)c(C(=O)C=CC(=O)O)c1C.O=C(O)c1cc(Br)cc2c1OCC2. The number of ether oxygens (including phenoxy) is 1. The van der Waals surface area contributed by atoms with Gasteiger partial charge in [0.15, 0.2) is 5.78 Å². The van der Waals surface area contributed by atoms with Crippen LogP contribution in [0.15, 0.2) is 34.8 Å². The van der Waals surface area contributed by atoms with Crippen molar-refractivity contribution in [1.82, 2.24) is 0 Å². The zero-order chi connectivity index (χ0) is 22.6. The third-order valence-electron chi connectivity index (χ3n) is 4.97. The molecule has 158 valence electrons. The first kappa shape index (κ1) is 23.3. The van der Waals surface area contributed by atoms with Crippen molar-refractivity contribution in [3.05, 3.63) is 73.8 Å². The van der Waals surface area contributed by atoms with E-state index in [1.54, 1.807) is 6.07 Å². The smallest absolute Gasteiger partial charge is 0.339 e. The van der Waals surface area contributed by atoms with Crippen molar-refractivity contribution in [1.29, 1.82) is 0 Å². The zero-order valence-corrected chi connectivity index (χ0v) is 18.8. The number of rotatable bonds is 4. The van der Waals surface area contributed by atoms with Crippen LogP contribution in [0.3, 0.4) is 0 Å². The van der Waals surface area contributed by atoms with Crippen molar-refractivity contribution in [2.75, 3.05) is 6.61 Å². The van der Waals surface area contributed by atoms with E-state index in [2.05, 4.69) is 15.9 Å². The quantitative estimate of drug-likeness (QED) is 0.486. The van der Waals surface area contributed by atoms with E-state index in [0.717, 1.165) is 50.9 Å². The average molecular weight is 475 g/mol. The van der Waals surface area contributed by atoms with Crippen LogP contribution >= 0.6 is 15.9 Å². The summed E-state index contributed by atoms with van der Waals surface area (Å²) in [5.74, 6) is -1.79. The van der Waals surface area contributed by atoms with Gasteiger partial charge in [-0.3, -0.25) is 4.79 Å². The number of carboxylic acid groups (broad SMARTS) is 2. The van der Waals surface area contributed by atoms with E-state index in [9.17, 15) is 14.4 Å². The Bertz CT molecular complexity index is 1030. The summed E-state index contributed by atoms with van der Waals surface area (Å²) in [6.07, 6.45) is 2.77. The normalized spacial score (nSPS) is 12.0. The molecule has 6 nitrogen and oxygen atoms in total. The van der Waals surface area contributed by atoms with Gasteiger partial charge in [-0.1, -0.05) is 22.0 Å². The van der Waals surface area contributed by atoms with Crippen LogP contribution in [-0.2, 0) is 11.2 Å². The van der Waals surface area contributed by atoms with Crippen LogP contribution in [-0.4, -0.2) is 34.5 Å². The van der Waals surface area contributed by atoms with Gasteiger partial charge in [-0.15, -0.1) is 0 Å². The molecular weight excluding hydrogens is 452 g/mol. The molecule has 0 saturated carbocycles. The fourth-order valence-electron chi connectivity index (χ4n) is 3.24. The number of aliphatic carboxylic acids is 1. The number of carbonyl (C=O) groups excluding carboxylic acids is 1. The lowest BCUT2D eigenvalue weighted by molar-refractivity contribution is -0.131. The van der Waals surface area contributed by atoms with Gasteiger partial charge in [0.1, 0.15) is 11.3 Å². The van der Waals surface area contributed by atoms with Gasteiger partial charge < -0.3 is 14.9 Å². The van der Waals surface area contributed by atoms with Gasteiger partial charge >= 0.3 is 11.9 Å². The molecule has 2 N–H and O–H groups in total. The molecule has 1 aliphatic rings. The molecule has 0 unspecified atom stereocenters. The van der Waals surface area contributed by atoms with Gasteiger partial charge in [-0.25, -0.2) is 9.59 Å². The number of aromatic carboxylic acids is 1. The highest BCUT2D eigenvalue weighted by atomic mass is 79.9. The molecule has 1 heterocycles. The Morgan fingerprint density at radius 1 is 0.967 bits per heavy atom. The first-order valence-corrected chi connectivity index (χ1v) is 10.0. The molecule has 2 aromatic rings. The number of ketones is 1. The molecule has 0 spiro atoms. The molecule has 0 aromatic heterocycles. The molecule has 7 heteroatoms. The standard InChI is InChI=1S/C14H16O3.C9H7BrO3/c1-8-7-9(2)11(4)14(10(8)3)12(15)5-6-13(16)17;10-6-3-5-1-2-13-8(5)7(4-6)9(11)12/h5-7H,1-4H3,(H,16,17);3-4H,1-2H2,(H,11,12). The molecule has 30 heavy (non-hydrogen) atoms. The maximum atomic E-state index is 11.9. The van der Waals surface area contributed by atoms with Crippen LogP contribution in [0.2, 0.25) is 0 Å². The lowest BCUT2D eigenvalue weighted by Gasteiger charge is -2.12. The molecule has 0 atom stereocenters. The van der Waals surface area contributed by atoms with Crippen LogP contribution in [0.4, 0.5) is 0 Å². The monoisotopic (exact) mass is 474 g/mol. The van der Waals surface area contributed by atoms with E-state index in [-0.39, 0.29) is 11.3 Å². The summed E-state index contributed by atoms with van der Waals surface area (Å²) in [6, 6.07) is 5.49. The Morgan fingerprint density at radius 3 is 2.10 bits per heavy atom. The summed E-state index contributed by atoms with van der Waals surface area (Å²) in [5, 5.41) is 17.4. The second-order valence-corrected chi connectivity index (χ2v) is 7.93. The van der Waals surface area contributed by atoms with E-state index in [4.69, 9.17) is 14.9 Å². The molecule has 0 saturated heterocycles. The fraction of sp³-hybridized carbons (Fsp3) is 0.261. The van der Waals surface area contributed by atoms with Crippen molar-refractivity contribution >= 4 is 33.7 Å². The Labute approximate surface area is 183 Å². The molecule has 0 aliphatic carbocycles. The largest absolute Gasteiger partial charge is 0.492 e. The van der Waals surface area contributed by atoms with Crippen molar-refractivity contribution < 1.29 is 29.3 Å². The van der Waals surface area contributed by atoms with Crippen LogP contribution in [0.5, 0.6) is 5.75 Å². The minimum Gasteiger partial charge on any atom is -0.492 e. The molecule has 0 bridgehead atoms. The number of hydrogen-bond donors (Lipinski definition) is 2. The third-order valence-corrected chi connectivity index (χ3v) is 5.43. The lowest BCUT2D eigenvalue weighted by atomic mass is 9.91. The number of halogens is 1. The molecule has 0 radical (unpaired) electrons. The van der Waals surface area contributed by atoms with Gasteiger partial charge in [0.25, 0.3) is 0 Å². The minimum atomic E-state index is -1.11. The van der Waals surface area contributed by atoms with Crippen molar-refractivity contribution in [3.8, 4) is 5.75 Å². The van der Waals surface area contributed by atoms with Crippen LogP contribution < -0.4 is 4.74 Å². The number of fused-ring (bicyclic) bond motifs is 1. The Balaban J connectivity index is 0.000000220. The summed E-state index contributed by atoms with van der Waals surface area (Å²) in [4.78, 5) is 33.2. The number of carboxylic acids is 2. The number of aryl methyl sites for hydroxylation is 2. The summed E-state index contributed by atoms with van der Waals surface area (Å²) in [7, 11) is 0. The maximum Gasteiger partial charge on any atom is 0.339 e. The Hall–Kier alpha value is -2.93. The fourth-order valence-corrected chi connectivity index (χ4v) is 3.75. The highest BCUT2D eigenvalue weighted by Gasteiger charge is 2.21. The molecular formula is C23H23BrO6.